The van der Waals surface area contributed by atoms with E-state index in [1.54, 1.807) is 0 Å². The summed E-state index contributed by atoms with van der Waals surface area (Å²) in [5.74, 6) is 0.141. The number of carbonyl (C=O) groups excluding carboxylic acids is 3. The van der Waals surface area contributed by atoms with Gasteiger partial charge in [0.15, 0.2) is 18.2 Å². The smallest absolute Gasteiger partial charge is 0.262 e. The van der Waals surface area contributed by atoms with E-state index in [9.17, 15) is 14.4 Å². The molecule has 2 aromatic carbocycles. The van der Waals surface area contributed by atoms with Crippen LogP contribution in [0, 0.1) is 24.7 Å². The van der Waals surface area contributed by atoms with Crippen molar-refractivity contribution in [2.75, 3.05) is 11.9 Å². The Morgan fingerprint density at radius 3 is 1.97 bits per heavy atom. The minimum Gasteiger partial charge on any atom is -0.484 e. The number of carbonyl (C=O) groups is 3. The molecule has 0 saturated carbocycles. The molecule has 6 nitrogen and oxygen atoms in total. The van der Waals surface area contributed by atoms with Crippen LogP contribution in [0.2, 0.25) is 0 Å². The van der Waals surface area contributed by atoms with Crippen LogP contribution in [0.1, 0.15) is 76.0 Å². The first-order chi connectivity index (χ1) is 18.3. The van der Waals surface area contributed by atoms with Crippen molar-refractivity contribution in [3.63, 3.8) is 0 Å². The highest BCUT2D eigenvalue weighted by molar-refractivity contribution is 6.06. The minimum atomic E-state index is -0.384. The molecule has 0 saturated heterocycles. The Kier molecular flexibility index (Phi) is 6.78. The molecule has 0 unspecified atom stereocenters. The highest BCUT2D eigenvalue weighted by Crippen LogP contribution is 2.51. The number of nitrogens with one attached hydrogen (secondary N) is 2. The van der Waals surface area contributed by atoms with Gasteiger partial charge in [-0.15, -0.1) is 0 Å². The third-order valence-corrected chi connectivity index (χ3v) is 7.96. The van der Waals surface area contributed by atoms with Gasteiger partial charge in [0.1, 0.15) is 5.75 Å². The summed E-state index contributed by atoms with van der Waals surface area (Å²) in [6.45, 7) is 12.3. The van der Waals surface area contributed by atoms with Crippen molar-refractivity contribution in [1.82, 2.24) is 5.32 Å². The van der Waals surface area contributed by atoms with Crippen LogP contribution >= 0.6 is 0 Å². The Balaban J connectivity index is 1.38. The highest BCUT2D eigenvalue weighted by atomic mass is 16.5. The first-order valence-electron chi connectivity index (χ1n) is 13.7. The molecule has 1 heterocycles. The van der Waals surface area contributed by atoms with E-state index in [-0.39, 0.29) is 40.8 Å². The van der Waals surface area contributed by atoms with Gasteiger partial charge < -0.3 is 15.4 Å². The summed E-state index contributed by atoms with van der Waals surface area (Å²) in [7, 11) is 0. The zero-order valence-corrected chi connectivity index (χ0v) is 23.8. The number of ketones is 2. The number of anilines is 1. The summed E-state index contributed by atoms with van der Waals surface area (Å²) < 4.78 is 5.77. The van der Waals surface area contributed by atoms with Crippen LogP contribution in [-0.2, 0) is 14.4 Å². The predicted octanol–water partition coefficient (Wildman–Crippen LogP) is 6.29. The monoisotopic (exact) mass is 526 g/mol. The van der Waals surface area contributed by atoms with E-state index >= 15 is 0 Å². The van der Waals surface area contributed by atoms with Gasteiger partial charge in [-0.2, -0.15) is 0 Å². The molecule has 5 rings (SSSR count). The lowest BCUT2D eigenvalue weighted by Gasteiger charge is -2.44. The molecule has 2 N–H and O–H groups in total. The Hall–Kier alpha value is -3.67. The highest BCUT2D eigenvalue weighted by Gasteiger charge is 2.46. The van der Waals surface area contributed by atoms with E-state index in [1.165, 1.54) is 0 Å². The van der Waals surface area contributed by atoms with Gasteiger partial charge >= 0.3 is 0 Å². The Morgan fingerprint density at radius 1 is 0.872 bits per heavy atom. The number of dihydropyridines is 1. The third-order valence-electron chi connectivity index (χ3n) is 7.96. The number of ether oxygens (including phenoxy) is 1. The van der Waals surface area contributed by atoms with Crippen molar-refractivity contribution in [3.05, 3.63) is 81.7 Å². The second kappa shape index (κ2) is 9.82. The van der Waals surface area contributed by atoms with E-state index in [2.05, 4.69) is 38.3 Å². The summed E-state index contributed by atoms with van der Waals surface area (Å²) in [5.41, 5.74) is 6.89. The van der Waals surface area contributed by atoms with E-state index in [1.807, 2.05) is 56.3 Å². The van der Waals surface area contributed by atoms with Crippen LogP contribution in [0.4, 0.5) is 5.69 Å². The lowest BCUT2D eigenvalue weighted by molar-refractivity contribution is -0.119. The number of hydrogen-bond acceptors (Lipinski definition) is 5. The molecule has 0 bridgehead atoms. The van der Waals surface area contributed by atoms with Gasteiger partial charge in [0.25, 0.3) is 5.91 Å². The van der Waals surface area contributed by atoms with E-state index in [0.717, 1.165) is 57.8 Å². The fourth-order valence-corrected chi connectivity index (χ4v) is 6.27. The molecular formula is C33H38N2O4. The largest absolute Gasteiger partial charge is 0.484 e. The number of amides is 1. The maximum absolute atomic E-state index is 13.5. The molecular weight excluding hydrogens is 488 g/mol. The lowest BCUT2D eigenvalue weighted by Crippen LogP contribution is -2.42. The van der Waals surface area contributed by atoms with Gasteiger partial charge in [0, 0.05) is 47.0 Å². The van der Waals surface area contributed by atoms with E-state index < -0.39 is 0 Å². The third kappa shape index (κ3) is 5.56. The fourth-order valence-electron chi connectivity index (χ4n) is 6.27. The van der Waals surface area contributed by atoms with Crippen molar-refractivity contribution >= 4 is 23.2 Å². The Bertz CT molecular complexity index is 1370. The van der Waals surface area contributed by atoms with Gasteiger partial charge in [-0.05, 0) is 66.8 Å². The lowest BCUT2D eigenvalue weighted by atomic mass is 9.64. The zero-order chi connectivity index (χ0) is 28.1. The molecule has 1 amide bonds. The standard InChI is InChI=1S/C33H38N2O4/c1-19-7-12-23(20(2)13-19)35-28(38)18-39-22-10-8-21(9-11-22)29-30-24(14-32(3,4)16-26(30)36)34-25-15-33(5,6)17-27(37)31(25)29/h7-13,29,34H,14-18H2,1-6H3,(H,35,38). The Labute approximate surface area is 230 Å². The van der Waals surface area contributed by atoms with Crippen molar-refractivity contribution in [3.8, 4) is 5.75 Å². The second-order valence-electron chi connectivity index (χ2n) is 12.9. The van der Waals surface area contributed by atoms with Crippen LogP contribution in [0.15, 0.2) is 65.0 Å². The maximum atomic E-state index is 13.5. The van der Waals surface area contributed by atoms with Gasteiger partial charge in [-0.1, -0.05) is 57.5 Å². The topological polar surface area (TPSA) is 84.5 Å². The van der Waals surface area contributed by atoms with Gasteiger partial charge in [0.2, 0.25) is 0 Å². The SMILES string of the molecule is Cc1ccc(NC(=O)COc2ccc(C3C4=C(CC(C)(C)CC4=O)NC4=C3C(=O)CC(C)(C)C4)cc2)c(C)c1. The summed E-state index contributed by atoms with van der Waals surface area (Å²) in [6, 6.07) is 13.3. The van der Waals surface area contributed by atoms with Gasteiger partial charge in [-0.3, -0.25) is 14.4 Å². The van der Waals surface area contributed by atoms with Gasteiger partial charge in [-0.25, -0.2) is 0 Å². The first-order valence-corrected chi connectivity index (χ1v) is 13.7. The quantitative estimate of drug-likeness (QED) is 0.478. The Morgan fingerprint density at radius 2 is 1.44 bits per heavy atom. The molecule has 39 heavy (non-hydrogen) atoms. The van der Waals surface area contributed by atoms with Crippen molar-refractivity contribution in [2.45, 2.75) is 73.1 Å². The molecule has 204 valence electrons. The molecule has 2 aromatic rings. The minimum absolute atomic E-state index is 0.103. The molecule has 0 aromatic heterocycles. The van der Waals surface area contributed by atoms with Crippen LogP contribution in [0.25, 0.3) is 0 Å². The summed E-state index contributed by atoms with van der Waals surface area (Å²) >= 11 is 0. The van der Waals surface area contributed by atoms with Crippen LogP contribution in [0.5, 0.6) is 5.75 Å². The summed E-state index contributed by atoms with van der Waals surface area (Å²) in [5, 5.41) is 6.45. The molecule has 3 aliphatic rings. The molecule has 1 aliphatic heterocycles. The van der Waals surface area contributed by atoms with Gasteiger partial charge in [0.05, 0.1) is 0 Å². The van der Waals surface area contributed by atoms with Crippen LogP contribution in [-0.4, -0.2) is 24.1 Å². The zero-order valence-electron chi connectivity index (χ0n) is 23.8. The van der Waals surface area contributed by atoms with Crippen molar-refractivity contribution in [1.29, 1.82) is 0 Å². The number of allylic oxidation sites excluding steroid dienone is 4. The molecule has 0 atom stereocenters. The number of aryl methyl sites for hydroxylation is 2. The fraction of sp³-hybridized carbons (Fsp3) is 0.424. The van der Waals surface area contributed by atoms with Crippen LogP contribution < -0.4 is 15.4 Å². The molecule has 0 radical (unpaired) electrons. The van der Waals surface area contributed by atoms with E-state index in [4.69, 9.17) is 4.74 Å². The number of Topliss-reactive ketones (excluding diaryl/α,β-unsaturated/α-hetero) is 2. The van der Waals surface area contributed by atoms with Crippen molar-refractivity contribution in [2.24, 2.45) is 10.8 Å². The maximum Gasteiger partial charge on any atom is 0.262 e. The average molecular weight is 527 g/mol. The molecule has 0 spiro atoms. The van der Waals surface area contributed by atoms with Crippen LogP contribution in [0.3, 0.4) is 0 Å². The normalized spacial score (nSPS) is 20.3. The second-order valence-corrected chi connectivity index (χ2v) is 12.9. The molecule has 0 fully saturated rings. The number of hydrogen-bond donors (Lipinski definition) is 2. The average Bonchev–Trinajstić information content (AvgIpc) is 2.82. The van der Waals surface area contributed by atoms with Crippen molar-refractivity contribution < 1.29 is 19.1 Å². The first kappa shape index (κ1) is 26.9. The predicted molar refractivity (Wildman–Crippen MR) is 152 cm³/mol. The summed E-state index contributed by atoms with van der Waals surface area (Å²) in [4.78, 5) is 39.4. The summed E-state index contributed by atoms with van der Waals surface area (Å²) in [6.07, 6.45) is 2.46. The molecule has 6 heteroatoms. The van der Waals surface area contributed by atoms with E-state index in [0.29, 0.717) is 18.6 Å². The molecule has 2 aliphatic carbocycles. The number of rotatable bonds is 5. The number of benzene rings is 2.